The van der Waals surface area contributed by atoms with Crippen molar-refractivity contribution in [2.75, 3.05) is 0 Å². The van der Waals surface area contributed by atoms with Crippen molar-refractivity contribution in [3.05, 3.63) is 47.1 Å². The molecule has 1 aromatic heterocycles. The molecular formula is C12H15N3O. The first-order valence-corrected chi connectivity index (χ1v) is 5.29. The van der Waals surface area contributed by atoms with Gasteiger partial charge in [-0.3, -0.25) is 0 Å². The average Bonchev–Trinajstić information content (AvgIpc) is 2.70. The maximum Gasteiger partial charge on any atom is 0.243 e. The molecule has 0 bridgehead atoms. The summed E-state index contributed by atoms with van der Waals surface area (Å²) in [5, 5.41) is 3.89. The average molecular weight is 217 g/mol. The second-order valence-corrected chi connectivity index (χ2v) is 4.00. The van der Waals surface area contributed by atoms with Crippen molar-refractivity contribution >= 4 is 0 Å². The van der Waals surface area contributed by atoms with Gasteiger partial charge in [-0.15, -0.1) is 0 Å². The van der Waals surface area contributed by atoms with Crippen LogP contribution in [0.25, 0.3) is 0 Å². The van der Waals surface area contributed by atoms with Crippen molar-refractivity contribution < 1.29 is 4.52 Å². The molecule has 0 spiro atoms. The molecule has 0 radical (unpaired) electrons. The third-order valence-electron chi connectivity index (χ3n) is 2.36. The minimum atomic E-state index is -0.209. The van der Waals surface area contributed by atoms with Gasteiger partial charge in [0.15, 0.2) is 5.82 Å². The zero-order valence-electron chi connectivity index (χ0n) is 9.47. The van der Waals surface area contributed by atoms with Gasteiger partial charge in [0.25, 0.3) is 0 Å². The van der Waals surface area contributed by atoms with E-state index in [-0.39, 0.29) is 6.04 Å². The summed E-state index contributed by atoms with van der Waals surface area (Å²) in [6.07, 6.45) is 0.677. The molecule has 1 aromatic carbocycles. The van der Waals surface area contributed by atoms with Gasteiger partial charge < -0.3 is 10.3 Å². The Bertz CT molecular complexity index is 459. The van der Waals surface area contributed by atoms with E-state index < -0.39 is 0 Å². The molecule has 2 rings (SSSR count). The molecule has 0 aliphatic carbocycles. The van der Waals surface area contributed by atoms with Crippen molar-refractivity contribution in [3.63, 3.8) is 0 Å². The Hall–Kier alpha value is -1.68. The van der Waals surface area contributed by atoms with E-state index in [1.54, 1.807) is 0 Å². The molecule has 0 saturated heterocycles. The maximum absolute atomic E-state index is 5.64. The number of nitrogens with two attached hydrogens (primary N) is 1. The number of nitrogens with zero attached hydrogens (tertiary/aromatic N) is 2. The Kier molecular flexibility index (Phi) is 3.01. The molecule has 0 aliphatic rings. The predicted molar refractivity (Wildman–Crippen MR) is 60.9 cm³/mol. The van der Waals surface area contributed by atoms with Crippen molar-refractivity contribution in [1.29, 1.82) is 0 Å². The maximum atomic E-state index is 5.64. The van der Waals surface area contributed by atoms with E-state index >= 15 is 0 Å². The molecule has 4 nitrogen and oxygen atoms in total. The van der Waals surface area contributed by atoms with Crippen molar-refractivity contribution in [2.24, 2.45) is 5.73 Å². The fourth-order valence-corrected chi connectivity index (χ4v) is 1.41. The van der Waals surface area contributed by atoms with E-state index in [2.05, 4.69) is 41.3 Å². The Morgan fingerprint density at radius 2 is 2.00 bits per heavy atom. The van der Waals surface area contributed by atoms with Gasteiger partial charge in [0.05, 0.1) is 6.04 Å². The largest absolute Gasteiger partial charge is 0.338 e. The van der Waals surface area contributed by atoms with E-state index in [0.29, 0.717) is 18.1 Å². The lowest BCUT2D eigenvalue weighted by Crippen LogP contribution is -2.05. The van der Waals surface area contributed by atoms with Crippen LogP contribution in [0, 0.1) is 6.92 Å². The number of rotatable bonds is 3. The molecule has 16 heavy (non-hydrogen) atoms. The molecule has 0 saturated carbocycles. The first kappa shape index (κ1) is 10.8. The summed E-state index contributed by atoms with van der Waals surface area (Å²) in [6.45, 7) is 3.88. The number of aromatic nitrogens is 2. The fourth-order valence-electron chi connectivity index (χ4n) is 1.41. The van der Waals surface area contributed by atoms with Crippen molar-refractivity contribution in [2.45, 2.75) is 26.3 Å². The van der Waals surface area contributed by atoms with Gasteiger partial charge in [-0.1, -0.05) is 35.0 Å². The zero-order valence-corrected chi connectivity index (χ0v) is 9.47. The van der Waals surface area contributed by atoms with Gasteiger partial charge in [0.2, 0.25) is 5.89 Å². The summed E-state index contributed by atoms with van der Waals surface area (Å²) < 4.78 is 5.04. The molecule has 0 amide bonds. The highest BCUT2D eigenvalue weighted by Gasteiger charge is 2.10. The summed E-state index contributed by atoms with van der Waals surface area (Å²) in [4.78, 5) is 4.22. The standard InChI is InChI=1S/C12H15N3O/c1-8-3-5-10(6-4-8)7-11-14-12(9(2)13)16-15-11/h3-6,9H,7,13H2,1-2H3. The van der Waals surface area contributed by atoms with Gasteiger partial charge in [0.1, 0.15) is 0 Å². The minimum absolute atomic E-state index is 0.209. The van der Waals surface area contributed by atoms with E-state index in [9.17, 15) is 0 Å². The lowest BCUT2D eigenvalue weighted by atomic mass is 10.1. The molecule has 0 fully saturated rings. The molecule has 1 heterocycles. The first-order valence-electron chi connectivity index (χ1n) is 5.29. The van der Waals surface area contributed by atoms with Crippen LogP contribution >= 0.6 is 0 Å². The Morgan fingerprint density at radius 1 is 1.31 bits per heavy atom. The molecule has 1 atom stereocenters. The SMILES string of the molecule is Cc1ccc(Cc2noc(C(C)N)n2)cc1. The van der Waals surface area contributed by atoms with Gasteiger partial charge in [-0.2, -0.15) is 4.98 Å². The normalized spacial score (nSPS) is 12.7. The Labute approximate surface area is 94.5 Å². The second kappa shape index (κ2) is 4.45. The molecule has 1 unspecified atom stereocenters. The van der Waals surface area contributed by atoms with Crippen molar-refractivity contribution in [3.8, 4) is 0 Å². The monoisotopic (exact) mass is 217 g/mol. The Balaban J connectivity index is 2.11. The van der Waals surface area contributed by atoms with Gasteiger partial charge in [-0.25, -0.2) is 0 Å². The number of hydrogen-bond donors (Lipinski definition) is 1. The molecule has 84 valence electrons. The van der Waals surface area contributed by atoms with Crippen LogP contribution in [0.4, 0.5) is 0 Å². The van der Waals surface area contributed by atoms with Crippen LogP contribution in [0.3, 0.4) is 0 Å². The molecule has 4 heteroatoms. The van der Waals surface area contributed by atoms with Gasteiger partial charge >= 0.3 is 0 Å². The van der Waals surface area contributed by atoms with E-state index in [4.69, 9.17) is 10.3 Å². The smallest absolute Gasteiger partial charge is 0.243 e. The molecular weight excluding hydrogens is 202 g/mol. The quantitative estimate of drug-likeness (QED) is 0.853. The second-order valence-electron chi connectivity index (χ2n) is 4.00. The lowest BCUT2D eigenvalue weighted by Gasteiger charge is -1.97. The fraction of sp³-hybridized carbons (Fsp3) is 0.333. The lowest BCUT2D eigenvalue weighted by molar-refractivity contribution is 0.358. The summed E-state index contributed by atoms with van der Waals surface area (Å²) in [7, 11) is 0. The van der Waals surface area contributed by atoms with E-state index in [1.807, 2.05) is 6.92 Å². The summed E-state index contributed by atoms with van der Waals surface area (Å²) in [6, 6.07) is 8.07. The minimum Gasteiger partial charge on any atom is -0.338 e. The highest BCUT2D eigenvalue weighted by Crippen LogP contribution is 2.11. The van der Waals surface area contributed by atoms with Crippen LogP contribution in [-0.4, -0.2) is 10.1 Å². The molecule has 0 aliphatic heterocycles. The highest BCUT2D eigenvalue weighted by molar-refractivity contribution is 5.23. The number of benzene rings is 1. The molecule has 2 N–H and O–H groups in total. The Morgan fingerprint density at radius 3 is 2.56 bits per heavy atom. The molecule has 2 aromatic rings. The van der Waals surface area contributed by atoms with Gasteiger partial charge in [-0.05, 0) is 19.4 Å². The van der Waals surface area contributed by atoms with Crippen LogP contribution in [0.1, 0.15) is 35.8 Å². The highest BCUT2D eigenvalue weighted by atomic mass is 16.5. The number of aryl methyl sites for hydroxylation is 1. The summed E-state index contributed by atoms with van der Waals surface area (Å²) in [5.74, 6) is 1.17. The topological polar surface area (TPSA) is 64.9 Å². The third-order valence-corrected chi connectivity index (χ3v) is 2.36. The van der Waals surface area contributed by atoms with Crippen LogP contribution in [0.15, 0.2) is 28.8 Å². The number of hydrogen-bond acceptors (Lipinski definition) is 4. The zero-order chi connectivity index (χ0) is 11.5. The van der Waals surface area contributed by atoms with E-state index in [0.717, 1.165) is 0 Å². The van der Waals surface area contributed by atoms with Gasteiger partial charge in [0, 0.05) is 6.42 Å². The summed E-state index contributed by atoms with van der Waals surface area (Å²) in [5.41, 5.74) is 8.06. The van der Waals surface area contributed by atoms with Crippen LogP contribution in [0.2, 0.25) is 0 Å². The van der Waals surface area contributed by atoms with E-state index in [1.165, 1.54) is 11.1 Å². The first-order chi connectivity index (χ1) is 7.65. The van der Waals surface area contributed by atoms with Crippen LogP contribution in [0.5, 0.6) is 0 Å². The predicted octanol–water partition coefficient (Wildman–Crippen LogP) is 1.99. The van der Waals surface area contributed by atoms with Crippen molar-refractivity contribution in [1.82, 2.24) is 10.1 Å². The van der Waals surface area contributed by atoms with Crippen LogP contribution < -0.4 is 5.73 Å². The third kappa shape index (κ3) is 2.46. The summed E-state index contributed by atoms with van der Waals surface area (Å²) >= 11 is 0. The van der Waals surface area contributed by atoms with Crippen LogP contribution in [-0.2, 0) is 6.42 Å².